The van der Waals surface area contributed by atoms with Crippen molar-refractivity contribution in [2.45, 2.75) is 0 Å². The summed E-state index contributed by atoms with van der Waals surface area (Å²) in [6.07, 6.45) is 0. The molecule has 0 saturated carbocycles. The Morgan fingerprint density at radius 1 is 0.357 bits per heavy atom. The molecule has 0 fully saturated rings. The zero-order chi connectivity index (χ0) is 37.0. The van der Waals surface area contributed by atoms with E-state index in [1.807, 2.05) is 18.2 Å². The number of hydrogen-bond donors (Lipinski definition) is 0. The first-order valence-corrected chi connectivity index (χ1v) is 18.8. The van der Waals surface area contributed by atoms with Crippen LogP contribution in [0.4, 0.5) is 0 Å². The monoisotopic (exact) mass is 716 g/mol. The number of hydrogen-bond acceptors (Lipinski definition) is 4. The van der Waals surface area contributed by atoms with Gasteiger partial charge < -0.3 is 4.42 Å². The Hall–Kier alpha value is -7.63. The number of aromatic nitrogens is 4. The number of furan rings is 1. The molecule has 0 atom stereocenters. The summed E-state index contributed by atoms with van der Waals surface area (Å²) in [6, 6.07) is 67.3. The molecule has 11 aromatic rings. The molecule has 0 aliphatic heterocycles. The largest absolute Gasteiger partial charge is 0.454 e. The zero-order valence-corrected chi connectivity index (χ0v) is 30.2. The lowest BCUT2D eigenvalue weighted by molar-refractivity contribution is 0.671. The third-order valence-corrected chi connectivity index (χ3v) is 10.7. The molecule has 0 aliphatic carbocycles. The van der Waals surface area contributed by atoms with Crippen LogP contribution in [-0.2, 0) is 0 Å². The molecule has 3 aromatic heterocycles. The van der Waals surface area contributed by atoms with Crippen LogP contribution < -0.4 is 0 Å². The smallest absolute Gasteiger partial charge is 0.238 e. The lowest BCUT2D eigenvalue weighted by Gasteiger charge is -2.12. The second-order valence-electron chi connectivity index (χ2n) is 14.0. The van der Waals surface area contributed by atoms with Crippen LogP contribution in [0.2, 0.25) is 0 Å². The van der Waals surface area contributed by atoms with Gasteiger partial charge in [0.25, 0.3) is 0 Å². The maximum Gasteiger partial charge on any atom is 0.238 e. The molecule has 5 nitrogen and oxygen atoms in total. The maximum atomic E-state index is 6.87. The fourth-order valence-corrected chi connectivity index (χ4v) is 8.01. The molecule has 0 amide bonds. The van der Waals surface area contributed by atoms with Gasteiger partial charge in [-0.25, -0.2) is 4.98 Å². The highest BCUT2D eigenvalue weighted by molar-refractivity contribution is 6.23. The van der Waals surface area contributed by atoms with Gasteiger partial charge in [-0.05, 0) is 51.6 Å². The van der Waals surface area contributed by atoms with Gasteiger partial charge >= 0.3 is 0 Å². The molecule has 0 saturated heterocycles. The molecule has 262 valence electrons. The van der Waals surface area contributed by atoms with Crippen molar-refractivity contribution < 1.29 is 4.42 Å². The van der Waals surface area contributed by atoms with Crippen LogP contribution in [0, 0.1) is 0 Å². The minimum Gasteiger partial charge on any atom is -0.454 e. The first-order chi connectivity index (χ1) is 27.8. The van der Waals surface area contributed by atoms with Crippen molar-refractivity contribution in [2.24, 2.45) is 0 Å². The highest BCUT2D eigenvalue weighted by atomic mass is 16.3. The summed E-state index contributed by atoms with van der Waals surface area (Å²) in [5, 5.41) is 4.28. The molecule has 0 unspecified atom stereocenters. The standard InChI is InChI=1S/C51H32N4O/c1-4-13-33(14-5-1)35-23-27-38(28-24-35)49-52-50(39-29-25-36(26-30-39)34-15-6-2-7-16-34)54-51(53-49)55-44-21-11-10-19-41(44)42-31-32-43-46-40(37-17-8-3-9-18-37)20-12-22-45(46)56-48(43)47(42)55/h1-32H. The van der Waals surface area contributed by atoms with Crippen LogP contribution in [0.1, 0.15) is 0 Å². The molecular weight excluding hydrogens is 685 g/mol. The number of fused-ring (bicyclic) bond motifs is 7. The lowest BCUT2D eigenvalue weighted by atomic mass is 9.99. The molecule has 0 aliphatic rings. The first kappa shape index (κ1) is 31.9. The SMILES string of the molecule is c1ccc(-c2ccc(-c3nc(-c4ccc(-c5ccccc5)cc4)nc(-n4c5ccccc5c5ccc6c(oc7cccc(-c8ccccc8)c76)c54)n3)cc2)cc1. The predicted octanol–water partition coefficient (Wildman–Crippen LogP) is 13.2. The Labute approximate surface area is 322 Å². The van der Waals surface area contributed by atoms with E-state index < -0.39 is 0 Å². The molecule has 0 spiro atoms. The molecule has 0 N–H and O–H groups in total. The summed E-state index contributed by atoms with van der Waals surface area (Å²) in [4.78, 5) is 15.7. The van der Waals surface area contributed by atoms with Crippen molar-refractivity contribution in [2.75, 3.05) is 0 Å². The van der Waals surface area contributed by atoms with Crippen LogP contribution in [0.3, 0.4) is 0 Å². The average molecular weight is 717 g/mol. The highest BCUT2D eigenvalue weighted by Crippen LogP contribution is 2.43. The molecule has 11 rings (SSSR count). The average Bonchev–Trinajstić information content (AvgIpc) is 3.84. The minimum atomic E-state index is 0.520. The second-order valence-corrected chi connectivity index (χ2v) is 14.0. The van der Waals surface area contributed by atoms with Gasteiger partial charge in [0.05, 0.1) is 5.52 Å². The Bertz CT molecular complexity index is 3100. The molecular formula is C51H32N4O. The minimum absolute atomic E-state index is 0.520. The van der Waals surface area contributed by atoms with Gasteiger partial charge in [0, 0.05) is 32.7 Å². The lowest BCUT2D eigenvalue weighted by Crippen LogP contribution is -2.06. The van der Waals surface area contributed by atoms with Crippen molar-refractivity contribution >= 4 is 43.7 Å². The van der Waals surface area contributed by atoms with Crippen molar-refractivity contribution in [3.05, 3.63) is 194 Å². The first-order valence-electron chi connectivity index (χ1n) is 18.8. The normalized spacial score (nSPS) is 11.6. The van der Waals surface area contributed by atoms with Crippen LogP contribution in [0.15, 0.2) is 199 Å². The van der Waals surface area contributed by atoms with E-state index in [9.17, 15) is 0 Å². The third kappa shape index (κ3) is 5.29. The van der Waals surface area contributed by atoms with Gasteiger partial charge in [-0.15, -0.1) is 0 Å². The molecule has 0 radical (unpaired) electrons. The van der Waals surface area contributed by atoms with E-state index in [2.05, 4.69) is 180 Å². The fourth-order valence-electron chi connectivity index (χ4n) is 8.01. The summed E-state index contributed by atoms with van der Waals surface area (Å²) >= 11 is 0. The van der Waals surface area contributed by atoms with E-state index in [-0.39, 0.29) is 0 Å². The van der Waals surface area contributed by atoms with Crippen molar-refractivity contribution in [3.8, 4) is 62.1 Å². The van der Waals surface area contributed by atoms with E-state index in [1.165, 1.54) is 0 Å². The third-order valence-electron chi connectivity index (χ3n) is 10.7. The number of nitrogens with zero attached hydrogens (tertiary/aromatic N) is 4. The summed E-state index contributed by atoms with van der Waals surface area (Å²) < 4.78 is 9.02. The Morgan fingerprint density at radius 3 is 1.46 bits per heavy atom. The van der Waals surface area contributed by atoms with E-state index in [0.29, 0.717) is 17.6 Å². The Morgan fingerprint density at radius 2 is 0.857 bits per heavy atom. The van der Waals surface area contributed by atoms with Crippen molar-refractivity contribution in [1.29, 1.82) is 0 Å². The van der Waals surface area contributed by atoms with Crippen LogP contribution in [0.5, 0.6) is 0 Å². The van der Waals surface area contributed by atoms with Crippen molar-refractivity contribution in [1.82, 2.24) is 19.5 Å². The van der Waals surface area contributed by atoms with E-state index in [1.54, 1.807) is 0 Å². The van der Waals surface area contributed by atoms with Crippen molar-refractivity contribution in [3.63, 3.8) is 0 Å². The van der Waals surface area contributed by atoms with Gasteiger partial charge in [0.1, 0.15) is 11.1 Å². The topological polar surface area (TPSA) is 56.7 Å². The molecule has 0 bridgehead atoms. The molecule has 3 heterocycles. The fraction of sp³-hybridized carbons (Fsp3) is 0. The van der Waals surface area contributed by atoms with Crippen LogP contribution in [-0.4, -0.2) is 19.5 Å². The van der Waals surface area contributed by atoms with E-state index >= 15 is 0 Å². The highest BCUT2D eigenvalue weighted by Gasteiger charge is 2.23. The summed E-state index contributed by atoms with van der Waals surface area (Å²) in [7, 11) is 0. The summed E-state index contributed by atoms with van der Waals surface area (Å²) in [5.74, 6) is 1.70. The van der Waals surface area contributed by atoms with Gasteiger partial charge in [-0.1, -0.05) is 176 Å². The van der Waals surface area contributed by atoms with E-state index in [0.717, 1.165) is 88.3 Å². The molecule has 5 heteroatoms. The van der Waals surface area contributed by atoms with Gasteiger partial charge in [-0.3, -0.25) is 4.57 Å². The van der Waals surface area contributed by atoms with Gasteiger partial charge in [0.2, 0.25) is 5.95 Å². The van der Waals surface area contributed by atoms with Gasteiger partial charge in [0.15, 0.2) is 17.2 Å². The number of rotatable bonds is 6. The second kappa shape index (κ2) is 13.0. The van der Waals surface area contributed by atoms with E-state index in [4.69, 9.17) is 19.4 Å². The summed E-state index contributed by atoms with van der Waals surface area (Å²) in [6.45, 7) is 0. The van der Waals surface area contributed by atoms with Gasteiger partial charge in [-0.2, -0.15) is 9.97 Å². The molecule has 56 heavy (non-hydrogen) atoms. The quantitative estimate of drug-likeness (QED) is 0.172. The number of para-hydroxylation sites is 1. The summed E-state index contributed by atoms with van der Waals surface area (Å²) in [5.41, 5.74) is 12.2. The number of benzene rings is 8. The van der Waals surface area contributed by atoms with Crippen LogP contribution in [0.25, 0.3) is 106 Å². The molecule has 8 aromatic carbocycles. The zero-order valence-electron chi connectivity index (χ0n) is 30.2. The Kier molecular flexibility index (Phi) is 7.42. The Balaban J connectivity index is 1.16. The predicted molar refractivity (Wildman–Crippen MR) is 229 cm³/mol. The van der Waals surface area contributed by atoms with Crippen LogP contribution >= 0.6 is 0 Å². The maximum absolute atomic E-state index is 6.87.